The highest BCUT2D eigenvalue weighted by Crippen LogP contribution is 2.30. The van der Waals surface area contributed by atoms with Crippen molar-refractivity contribution < 1.29 is 25.5 Å². The van der Waals surface area contributed by atoms with Gasteiger partial charge < -0.3 is 31.3 Å². The molecule has 0 radical (unpaired) electrons. The Kier molecular flexibility index (Phi) is 3.93. The summed E-state index contributed by atoms with van der Waals surface area (Å²) in [4.78, 5) is 21.8. The number of nitrogen functional groups attached to an aromatic ring is 1. The van der Waals surface area contributed by atoms with Crippen LogP contribution < -0.4 is 11.3 Å². The molecule has 1 saturated heterocycles. The molecule has 0 bridgehead atoms. The lowest BCUT2D eigenvalue weighted by atomic mass is 10.2. The van der Waals surface area contributed by atoms with E-state index in [2.05, 4.69) is 15.0 Å². The first kappa shape index (κ1) is 15.3. The minimum atomic E-state index is -1.29. The van der Waals surface area contributed by atoms with Gasteiger partial charge in [0.1, 0.15) is 18.3 Å². The molecule has 1 fully saturated rings. The van der Waals surface area contributed by atoms with E-state index in [0.29, 0.717) is 0 Å². The molecule has 1 aliphatic rings. The fourth-order valence-electron chi connectivity index (χ4n) is 2.24. The topological polar surface area (TPSA) is 191 Å². The molecular weight excluding hydrogens is 287 g/mol. The van der Waals surface area contributed by atoms with Gasteiger partial charge >= 0.3 is 0 Å². The number of H-pyrrole nitrogens is 1. The summed E-state index contributed by atoms with van der Waals surface area (Å²) in [5.74, 6) is -0.101. The number of nitrogens with two attached hydrogens (primary N) is 1. The maximum absolute atomic E-state index is 11.7. The lowest BCUT2D eigenvalue weighted by Gasteiger charge is -2.16. The van der Waals surface area contributed by atoms with Crippen molar-refractivity contribution in [2.45, 2.75) is 24.5 Å². The predicted octanol–water partition coefficient (Wildman–Crippen LogP) is -3.51. The standard InChI is InChI=1S/C10H13N5O5.H2O/c11-10-13-7-4(8(19)14-10)12-2-15(7)9-6(18)5(17)3(1-16)20-9;/h2-3,5-6,9,16-18H,1H2,(H3,11,13,14,19);1H2/t3-,5-,6-,9-;/m1./s1/i9+1;. The zero-order valence-corrected chi connectivity index (χ0v) is 10.7. The van der Waals surface area contributed by atoms with Crippen LogP contribution in [0.3, 0.4) is 0 Å². The summed E-state index contributed by atoms with van der Waals surface area (Å²) >= 11 is 0. The predicted molar refractivity (Wildman–Crippen MR) is 69.2 cm³/mol. The van der Waals surface area contributed by atoms with E-state index in [1.165, 1.54) is 10.9 Å². The van der Waals surface area contributed by atoms with Gasteiger partial charge in [0.2, 0.25) is 5.95 Å². The van der Waals surface area contributed by atoms with Gasteiger partial charge in [-0.2, -0.15) is 4.98 Å². The minimum absolute atomic E-state index is 0. The molecule has 8 N–H and O–H groups in total. The highest BCUT2D eigenvalue weighted by atomic mass is 16.6. The van der Waals surface area contributed by atoms with Crippen LogP contribution in [-0.4, -0.2) is 65.2 Å². The molecule has 2 aromatic rings. The van der Waals surface area contributed by atoms with Gasteiger partial charge in [0.25, 0.3) is 5.56 Å². The van der Waals surface area contributed by atoms with Gasteiger partial charge in [0.15, 0.2) is 17.4 Å². The Hall–Kier alpha value is -2.05. The fourth-order valence-corrected chi connectivity index (χ4v) is 2.24. The first-order valence-corrected chi connectivity index (χ1v) is 5.87. The molecule has 116 valence electrons. The molecule has 2 aromatic heterocycles. The van der Waals surface area contributed by atoms with Crippen LogP contribution in [0.5, 0.6) is 0 Å². The number of rotatable bonds is 2. The van der Waals surface area contributed by atoms with Crippen molar-refractivity contribution >= 4 is 17.1 Å². The van der Waals surface area contributed by atoms with Crippen molar-refractivity contribution in [3.63, 3.8) is 0 Å². The second kappa shape index (κ2) is 5.38. The molecule has 3 heterocycles. The Morgan fingerprint density at radius 2 is 2.14 bits per heavy atom. The number of hydrogen-bond acceptors (Lipinski definition) is 8. The van der Waals surface area contributed by atoms with Crippen molar-refractivity contribution in [3.05, 3.63) is 16.7 Å². The Bertz CT molecular complexity index is 699. The fraction of sp³-hybridized carbons (Fsp3) is 0.500. The molecule has 0 unspecified atom stereocenters. The number of nitrogens with one attached hydrogen (secondary N) is 1. The van der Waals surface area contributed by atoms with E-state index in [0.717, 1.165) is 0 Å². The molecule has 1 aliphatic heterocycles. The van der Waals surface area contributed by atoms with Crippen LogP contribution in [0, 0.1) is 0 Å². The number of aliphatic hydroxyl groups excluding tert-OH is 3. The summed E-state index contributed by atoms with van der Waals surface area (Å²) < 4.78 is 6.64. The molecular formula is C10H15N5O6. The van der Waals surface area contributed by atoms with Crippen LogP contribution in [0.4, 0.5) is 5.95 Å². The third-order valence-electron chi connectivity index (χ3n) is 3.24. The normalized spacial score (nSPS) is 28.7. The third-order valence-corrected chi connectivity index (χ3v) is 3.24. The van der Waals surface area contributed by atoms with Crippen LogP contribution in [0.15, 0.2) is 11.1 Å². The Balaban J connectivity index is 0.00000161. The van der Waals surface area contributed by atoms with Crippen LogP contribution in [-0.2, 0) is 4.74 Å². The van der Waals surface area contributed by atoms with Crippen LogP contribution in [0.25, 0.3) is 11.2 Å². The maximum atomic E-state index is 11.7. The molecule has 0 aromatic carbocycles. The molecule has 4 atom stereocenters. The number of hydrogen-bond donors (Lipinski definition) is 5. The highest BCUT2D eigenvalue weighted by molar-refractivity contribution is 5.70. The number of anilines is 1. The second-order valence-corrected chi connectivity index (χ2v) is 4.50. The maximum Gasteiger partial charge on any atom is 0.280 e. The molecule has 0 spiro atoms. The largest absolute Gasteiger partial charge is 0.412 e. The van der Waals surface area contributed by atoms with Crippen molar-refractivity contribution in [2.75, 3.05) is 12.3 Å². The van der Waals surface area contributed by atoms with Crippen molar-refractivity contribution in [1.82, 2.24) is 19.5 Å². The van der Waals surface area contributed by atoms with E-state index in [9.17, 15) is 15.0 Å². The monoisotopic (exact) mass is 302 g/mol. The molecule has 11 nitrogen and oxygen atoms in total. The zero-order chi connectivity index (χ0) is 14.4. The molecule has 0 saturated carbocycles. The quantitative estimate of drug-likeness (QED) is 0.352. The zero-order valence-electron chi connectivity index (χ0n) is 10.7. The SMILES string of the molecule is Nc1nc2c(ncn2[13C@@H]2O[C@H](CO)[C@@H](O)[C@H]2O)c(=O)[nH]1.O. The average molecular weight is 302 g/mol. The van der Waals surface area contributed by atoms with Gasteiger partial charge in [-0.1, -0.05) is 0 Å². The van der Waals surface area contributed by atoms with Crippen LogP contribution in [0.1, 0.15) is 6.23 Å². The van der Waals surface area contributed by atoms with E-state index >= 15 is 0 Å². The summed E-state index contributed by atoms with van der Waals surface area (Å²) in [6.07, 6.45) is -3.21. The van der Waals surface area contributed by atoms with E-state index < -0.39 is 36.7 Å². The van der Waals surface area contributed by atoms with Gasteiger partial charge in [0.05, 0.1) is 12.9 Å². The molecule has 3 rings (SSSR count). The number of ether oxygens (including phenoxy) is 1. The summed E-state index contributed by atoms with van der Waals surface area (Å²) in [7, 11) is 0. The van der Waals surface area contributed by atoms with Gasteiger partial charge in [0, 0.05) is 0 Å². The van der Waals surface area contributed by atoms with E-state index in [-0.39, 0.29) is 22.6 Å². The number of aromatic amines is 1. The van der Waals surface area contributed by atoms with Gasteiger partial charge in [-0.05, 0) is 0 Å². The number of fused-ring (bicyclic) bond motifs is 1. The smallest absolute Gasteiger partial charge is 0.280 e. The van der Waals surface area contributed by atoms with E-state index in [1.54, 1.807) is 0 Å². The average Bonchev–Trinajstić information content (AvgIpc) is 2.93. The summed E-state index contributed by atoms with van der Waals surface area (Å²) in [6.45, 7) is -0.447. The van der Waals surface area contributed by atoms with Crippen molar-refractivity contribution in [1.29, 1.82) is 0 Å². The Morgan fingerprint density at radius 3 is 2.76 bits per heavy atom. The Labute approximate surface area is 116 Å². The molecule has 0 aliphatic carbocycles. The molecule has 11 heteroatoms. The van der Waals surface area contributed by atoms with Gasteiger partial charge in [-0.25, -0.2) is 4.98 Å². The van der Waals surface area contributed by atoms with E-state index in [1.807, 2.05) is 0 Å². The minimum Gasteiger partial charge on any atom is -0.412 e. The lowest BCUT2D eigenvalue weighted by molar-refractivity contribution is -0.0511. The second-order valence-electron chi connectivity index (χ2n) is 4.50. The van der Waals surface area contributed by atoms with Crippen LogP contribution in [0.2, 0.25) is 0 Å². The van der Waals surface area contributed by atoms with Gasteiger partial charge in [-0.15, -0.1) is 0 Å². The number of imidazole rings is 1. The van der Waals surface area contributed by atoms with Crippen molar-refractivity contribution in [2.24, 2.45) is 0 Å². The summed E-state index contributed by atoms with van der Waals surface area (Å²) in [5.41, 5.74) is 5.12. The first-order chi connectivity index (χ1) is 9.52. The lowest BCUT2D eigenvalue weighted by Crippen LogP contribution is -2.33. The Morgan fingerprint density at radius 1 is 1.43 bits per heavy atom. The first-order valence-electron chi connectivity index (χ1n) is 5.87. The van der Waals surface area contributed by atoms with Crippen LogP contribution >= 0.6 is 0 Å². The number of aliphatic hydroxyl groups is 3. The molecule has 21 heavy (non-hydrogen) atoms. The van der Waals surface area contributed by atoms with E-state index in [4.69, 9.17) is 15.6 Å². The molecule has 0 amide bonds. The number of nitrogens with zero attached hydrogens (tertiary/aromatic N) is 3. The highest BCUT2D eigenvalue weighted by Gasteiger charge is 2.44. The summed E-state index contributed by atoms with van der Waals surface area (Å²) in [6, 6.07) is 0. The van der Waals surface area contributed by atoms with Crippen molar-refractivity contribution in [3.8, 4) is 0 Å². The third kappa shape index (κ3) is 2.26. The number of aromatic nitrogens is 4. The summed E-state index contributed by atoms with van der Waals surface area (Å²) in [5, 5.41) is 28.7. The van der Waals surface area contributed by atoms with Gasteiger partial charge in [-0.3, -0.25) is 14.3 Å².